The van der Waals surface area contributed by atoms with Crippen LogP contribution in [0.5, 0.6) is 0 Å². The van der Waals surface area contributed by atoms with Gasteiger partial charge in [0.05, 0.1) is 6.54 Å². The van der Waals surface area contributed by atoms with Crippen molar-refractivity contribution in [1.82, 2.24) is 9.80 Å². The molecule has 0 unspecified atom stereocenters. The molecule has 0 saturated carbocycles. The molecular weight excluding hydrogens is 314 g/mol. The first kappa shape index (κ1) is 16.6. The third-order valence-electron chi connectivity index (χ3n) is 5.86. The second-order valence-corrected chi connectivity index (χ2v) is 7.58. The number of amides is 2. The summed E-state index contributed by atoms with van der Waals surface area (Å²) in [6.45, 7) is 3.15. The van der Waals surface area contributed by atoms with Crippen LogP contribution in [0.2, 0.25) is 0 Å². The van der Waals surface area contributed by atoms with Crippen LogP contribution in [0.4, 0.5) is 5.69 Å². The summed E-state index contributed by atoms with van der Waals surface area (Å²) in [4.78, 5) is 28.5. The van der Waals surface area contributed by atoms with Crippen LogP contribution >= 0.6 is 0 Å². The lowest BCUT2D eigenvalue weighted by molar-refractivity contribution is -0.130. The Morgan fingerprint density at radius 1 is 1.04 bits per heavy atom. The van der Waals surface area contributed by atoms with Gasteiger partial charge in [-0.2, -0.15) is 0 Å². The van der Waals surface area contributed by atoms with Crippen LogP contribution in [0, 0.1) is 0 Å². The number of carbonyl (C=O) groups is 2. The van der Waals surface area contributed by atoms with Crippen LogP contribution in [-0.2, 0) is 22.4 Å². The molecule has 2 amide bonds. The SMILES string of the molecule is O=C(CN1CCC(N2CCCC2=O)CC1)Nc1ccc2c(c1)CCC2. The molecule has 0 radical (unpaired) electrons. The fourth-order valence-corrected chi connectivity index (χ4v) is 4.50. The zero-order valence-corrected chi connectivity index (χ0v) is 14.8. The quantitative estimate of drug-likeness (QED) is 0.913. The summed E-state index contributed by atoms with van der Waals surface area (Å²) in [5.74, 6) is 0.376. The first-order valence-corrected chi connectivity index (χ1v) is 9.62. The minimum absolute atomic E-state index is 0.0636. The Labute approximate surface area is 149 Å². The lowest BCUT2D eigenvalue weighted by atomic mass is 10.0. The first-order chi connectivity index (χ1) is 12.2. The van der Waals surface area contributed by atoms with Gasteiger partial charge >= 0.3 is 0 Å². The lowest BCUT2D eigenvalue weighted by Crippen LogP contribution is -2.47. The number of aryl methyl sites for hydroxylation is 2. The number of carbonyl (C=O) groups excluding carboxylic acids is 2. The van der Waals surface area contributed by atoms with Crippen molar-refractivity contribution in [2.24, 2.45) is 0 Å². The molecule has 1 aromatic carbocycles. The maximum absolute atomic E-state index is 12.4. The molecule has 2 fully saturated rings. The van der Waals surface area contributed by atoms with Crippen molar-refractivity contribution in [3.63, 3.8) is 0 Å². The van der Waals surface area contributed by atoms with E-state index in [1.54, 1.807) is 0 Å². The number of hydrogen-bond acceptors (Lipinski definition) is 3. The molecule has 2 aliphatic heterocycles. The number of nitrogens with zero attached hydrogens (tertiary/aromatic N) is 2. The van der Waals surface area contributed by atoms with Crippen molar-refractivity contribution < 1.29 is 9.59 Å². The van der Waals surface area contributed by atoms with Crippen molar-refractivity contribution in [1.29, 1.82) is 0 Å². The van der Waals surface area contributed by atoms with Crippen LogP contribution in [-0.4, -0.2) is 53.8 Å². The van der Waals surface area contributed by atoms with E-state index in [0.29, 0.717) is 24.9 Å². The van der Waals surface area contributed by atoms with E-state index in [-0.39, 0.29) is 5.91 Å². The predicted octanol–water partition coefficient (Wildman–Crippen LogP) is 2.20. The fourth-order valence-electron chi connectivity index (χ4n) is 4.50. The van der Waals surface area contributed by atoms with Gasteiger partial charge in [0.1, 0.15) is 0 Å². The van der Waals surface area contributed by atoms with E-state index < -0.39 is 0 Å². The molecule has 134 valence electrons. The summed E-state index contributed by atoms with van der Waals surface area (Å²) in [7, 11) is 0. The van der Waals surface area contributed by atoms with Gasteiger partial charge in [0.2, 0.25) is 11.8 Å². The number of anilines is 1. The van der Waals surface area contributed by atoms with E-state index in [0.717, 1.165) is 57.4 Å². The van der Waals surface area contributed by atoms with Gasteiger partial charge in [-0.05, 0) is 61.8 Å². The molecule has 0 bridgehead atoms. The van der Waals surface area contributed by atoms with Crippen molar-refractivity contribution in [2.45, 2.75) is 51.0 Å². The topological polar surface area (TPSA) is 52.7 Å². The molecule has 1 aliphatic carbocycles. The van der Waals surface area contributed by atoms with Crippen molar-refractivity contribution in [2.75, 3.05) is 31.5 Å². The molecule has 2 saturated heterocycles. The fraction of sp³-hybridized carbons (Fsp3) is 0.600. The van der Waals surface area contributed by atoms with Crippen molar-refractivity contribution in [3.05, 3.63) is 29.3 Å². The highest BCUT2D eigenvalue weighted by Gasteiger charge is 2.31. The molecule has 1 N–H and O–H groups in total. The van der Waals surface area contributed by atoms with Gasteiger partial charge in [0.25, 0.3) is 0 Å². The average molecular weight is 341 g/mol. The zero-order valence-electron chi connectivity index (χ0n) is 14.8. The third-order valence-corrected chi connectivity index (χ3v) is 5.86. The normalized spacial score (nSPS) is 21.6. The summed E-state index contributed by atoms with van der Waals surface area (Å²) in [6.07, 6.45) is 7.20. The Bertz CT molecular complexity index is 665. The highest BCUT2D eigenvalue weighted by atomic mass is 16.2. The van der Waals surface area contributed by atoms with E-state index in [2.05, 4.69) is 27.2 Å². The second-order valence-electron chi connectivity index (χ2n) is 7.58. The molecule has 1 aromatic rings. The van der Waals surface area contributed by atoms with Gasteiger partial charge in [-0.15, -0.1) is 0 Å². The molecule has 0 aromatic heterocycles. The number of fused-ring (bicyclic) bond motifs is 1. The maximum atomic E-state index is 12.4. The Morgan fingerprint density at radius 2 is 1.84 bits per heavy atom. The molecular formula is C20H27N3O2. The Hall–Kier alpha value is -1.88. The van der Waals surface area contributed by atoms with Crippen LogP contribution in [0.1, 0.15) is 43.2 Å². The summed E-state index contributed by atoms with van der Waals surface area (Å²) in [5.41, 5.74) is 3.73. The molecule has 5 heteroatoms. The monoisotopic (exact) mass is 341 g/mol. The molecule has 3 aliphatic rings. The lowest BCUT2D eigenvalue weighted by Gasteiger charge is -2.36. The third kappa shape index (κ3) is 3.71. The molecule has 0 atom stereocenters. The van der Waals surface area contributed by atoms with E-state index in [9.17, 15) is 9.59 Å². The number of likely N-dealkylation sites (tertiary alicyclic amines) is 2. The number of nitrogens with one attached hydrogen (secondary N) is 1. The van der Waals surface area contributed by atoms with Crippen LogP contribution in [0.25, 0.3) is 0 Å². The van der Waals surface area contributed by atoms with E-state index in [1.165, 1.54) is 17.5 Å². The molecule has 2 heterocycles. The molecule has 25 heavy (non-hydrogen) atoms. The maximum Gasteiger partial charge on any atom is 0.238 e. The Kier molecular flexibility index (Phi) is 4.75. The van der Waals surface area contributed by atoms with Gasteiger partial charge in [-0.1, -0.05) is 6.07 Å². The minimum atomic E-state index is 0.0636. The van der Waals surface area contributed by atoms with Gasteiger partial charge in [0, 0.05) is 37.8 Å². The first-order valence-electron chi connectivity index (χ1n) is 9.62. The number of rotatable bonds is 4. The molecule has 5 nitrogen and oxygen atoms in total. The van der Waals surface area contributed by atoms with Crippen LogP contribution < -0.4 is 5.32 Å². The van der Waals surface area contributed by atoms with Crippen LogP contribution in [0.15, 0.2) is 18.2 Å². The van der Waals surface area contributed by atoms with Gasteiger partial charge in [0.15, 0.2) is 0 Å². The summed E-state index contributed by atoms with van der Waals surface area (Å²) < 4.78 is 0. The van der Waals surface area contributed by atoms with Gasteiger partial charge in [-0.3, -0.25) is 14.5 Å². The standard InChI is InChI=1S/C20H27N3O2/c24-19(21-17-7-6-15-3-1-4-16(15)13-17)14-22-11-8-18(9-12-22)23-10-2-5-20(23)25/h6-7,13,18H,1-5,8-12,14H2,(H,21,24). The highest BCUT2D eigenvalue weighted by Crippen LogP contribution is 2.25. The number of benzene rings is 1. The van der Waals surface area contributed by atoms with Crippen molar-refractivity contribution in [3.8, 4) is 0 Å². The summed E-state index contributed by atoms with van der Waals surface area (Å²) >= 11 is 0. The average Bonchev–Trinajstić information content (AvgIpc) is 3.24. The largest absolute Gasteiger partial charge is 0.340 e. The van der Waals surface area contributed by atoms with E-state index in [1.807, 2.05) is 6.07 Å². The van der Waals surface area contributed by atoms with E-state index >= 15 is 0 Å². The van der Waals surface area contributed by atoms with E-state index in [4.69, 9.17) is 0 Å². The zero-order chi connectivity index (χ0) is 17.2. The second kappa shape index (κ2) is 7.16. The Morgan fingerprint density at radius 3 is 2.60 bits per heavy atom. The Balaban J connectivity index is 1.25. The number of hydrogen-bond donors (Lipinski definition) is 1. The summed E-state index contributed by atoms with van der Waals surface area (Å²) in [5, 5.41) is 3.05. The highest BCUT2D eigenvalue weighted by molar-refractivity contribution is 5.92. The van der Waals surface area contributed by atoms with Crippen LogP contribution in [0.3, 0.4) is 0 Å². The van der Waals surface area contributed by atoms with Gasteiger partial charge in [-0.25, -0.2) is 0 Å². The molecule has 4 rings (SSSR count). The van der Waals surface area contributed by atoms with Crippen molar-refractivity contribution >= 4 is 17.5 Å². The predicted molar refractivity (Wildman–Crippen MR) is 97.5 cm³/mol. The summed E-state index contributed by atoms with van der Waals surface area (Å²) in [6, 6.07) is 6.68. The van der Waals surface area contributed by atoms with Gasteiger partial charge < -0.3 is 10.2 Å². The molecule has 0 spiro atoms. The number of piperidine rings is 1. The minimum Gasteiger partial charge on any atom is -0.340 e. The smallest absolute Gasteiger partial charge is 0.238 e.